The summed E-state index contributed by atoms with van der Waals surface area (Å²) >= 11 is 0. The molecule has 0 saturated heterocycles. The molecule has 0 aliphatic heterocycles. The van der Waals surface area contributed by atoms with Crippen molar-refractivity contribution in [1.29, 1.82) is 0 Å². The van der Waals surface area contributed by atoms with Crippen LogP contribution in [0.5, 0.6) is 11.5 Å². The van der Waals surface area contributed by atoms with Crippen LogP contribution in [0.25, 0.3) is 0 Å². The highest BCUT2D eigenvalue weighted by atomic mass is 19.3. The molecule has 0 bridgehead atoms. The van der Waals surface area contributed by atoms with E-state index in [-0.39, 0.29) is 0 Å². The summed E-state index contributed by atoms with van der Waals surface area (Å²) in [6.45, 7) is -3.02. The lowest BCUT2D eigenvalue weighted by Gasteiger charge is -2.21. The van der Waals surface area contributed by atoms with Crippen LogP contribution >= 0.6 is 0 Å². The lowest BCUT2D eigenvalue weighted by Crippen LogP contribution is -2.25. The molecule has 160 valence electrons. The van der Waals surface area contributed by atoms with Gasteiger partial charge < -0.3 is 14.4 Å². The summed E-state index contributed by atoms with van der Waals surface area (Å²) in [5.41, 5.74) is 1.87. The number of aryl methyl sites for hydroxylation is 2. The average molecular weight is 411 g/mol. The van der Waals surface area contributed by atoms with Crippen LogP contribution in [-0.2, 0) is 17.6 Å². The highest BCUT2D eigenvalue weighted by molar-refractivity contribution is 5.35. The molecule has 0 fully saturated rings. The Hall–Kier alpha value is -2.25. The third kappa shape index (κ3) is 8.75. The second-order valence-electron chi connectivity index (χ2n) is 6.90. The Labute approximate surface area is 170 Å². The zero-order chi connectivity index (χ0) is 21.1. The third-order valence-corrected chi connectivity index (χ3v) is 4.33. The molecule has 0 N–H and O–H groups in total. The molecule has 0 amide bonds. The number of benzene rings is 2. The van der Waals surface area contributed by atoms with E-state index < -0.39 is 19.8 Å². The van der Waals surface area contributed by atoms with Crippen LogP contribution in [0.1, 0.15) is 24.0 Å². The maximum Gasteiger partial charge on any atom is 0.348 e. The molecule has 0 spiro atoms. The molecule has 4 nitrogen and oxygen atoms in total. The van der Waals surface area contributed by atoms with Crippen LogP contribution in [0.15, 0.2) is 48.5 Å². The number of hydrogen-bond acceptors (Lipinski definition) is 4. The fourth-order valence-electron chi connectivity index (χ4n) is 2.94. The van der Waals surface area contributed by atoms with Gasteiger partial charge in [-0.15, -0.1) is 0 Å². The number of hydrogen-bond donors (Lipinski definition) is 0. The second-order valence-corrected chi connectivity index (χ2v) is 6.90. The number of ether oxygens (including phenoxy) is 3. The standard InChI is InChI=1S/C22H28F3NO3/c1-26(2)14-6-11-21(29-22(24)25)28-20-10-4-3-8-18(20)13-12-17-7-5-9-19(15-17)27-16-23/h3-5,7-10,15,21-22H,6,11-14,16H2,1-2H3. The van der Waals surface area contributed by atoms with Crippen LogP contribution in [0.2, 0.25) is 0 Å². The van der Waals surface area contributed by atoms with Crippen LogP contribution in [0, 0.1) is 0 Å². The van der Waals surface area contributed by atoms with E-state index in [1.165, 1.54) is 0 Å². The number of para-hydroxylation sites is 1. The molecule has 2 aromatic rings. The normalized spacial score (nSPS) is 12.4. The van der Waals surface area contributed by atoms with E-state index in [1.807, 2.05) is 37.2 Å². The predicted molar refractivity (Wildman–Crippen MR) is 106 cm³/mol. The first-order valence-corrected chi connectivity index (χ1v) is 9.58. The average Bonchev–Trinajstić information content (AvgIpc) is 2.67. The highest BCUT2D eigenvalue weighted by Gasteiger charge is 2.18. The number of alkyl halides is 3. The van der Waals surface area contributed by atoms with Crippen molar-refractivity contribution in [1.82, 2.24) is 4.90 Å². The van der Waals surface area contributed by atoms with Crippen molar-refractivity contribution in [3.8, 4) is 11.5 Å². The molecule has 29 heavy (non-hydrogen) atoms. The van der Waals surface area contributed by atoms with Crippen molar-refractivity contribution in [2.24, 2.45) is 0 Å². The maximum absolute atomic E-state index is 12.8. The highest BCUT2D eigenvalue weighted by Crippen LogP contribution is 2.24. The summed E-state index contributed by atoms with van der Waals surface area (Å²) in [5.74, 6) is 1.000. The molecule has 1 unspecified atom stereocenters. The zero-order valence-electron chi connectivity index (χ0n) is 16.8. The quantitative estimate of drug-likeness (QED) is 0.431. The van der Waals surface area contributed by atoms with Gasteiger partial charge in [-0.05, 0) is 69.2 Å². The summed E-state index contributed by atoms with van der Waals surface area (Å²) in [7, 11) is 3.85. The fourth-order valence-corrected chi connectivity index (χ4v) is 2.94. The molecule has 0 aliphatic rings. The molecular formula is C22H28F3NO3. The molecule has 0 radical (unpaired) electrons. The van der Waals surface area contributed by atoms with E-state index in [9.17, 15) is 13.2 Å². The summed E-state index contributed by atoms with van der Waals surface area (Å²) < 4.78 is 53.3. The smallest absolute Gasteiger partial charge is 0.348 e. The largest absolute Gasteiger partial charge is 0.464 e. The first kappa shape index (κ1) is 23.0. The molecule has 0 saturated carbocycles. The van der Waals surface area contributed by atoms with Gasteiger partial charge in [-0.3, -0.25) is 4.74 Å². The van der Waals surface area contributed by atoms with E-state index in [4.69, 9.17) is 9.47 Å². The zero-order valence-corrected chi connectivity index (χ0v) is 16.8. The van der Waals surface area contributed by atoms with Gasteiger partial charge in [-0.25, -0.2) is 4.39 Å². The van der Waals surface area contributed by atoms with Gasteiger partial charge in [-0.2, -0.15) is 8.78 Å². The SMILES string of the molecule is CN(C)CCCC(Oc1ccccc1CCc1cccc(OCF)c1)OC(F)F. The van der Waals surface area contributed by atoms with Gasteiger partial charge in [0.15, 0.2) is 0 Å². The van der Waals surface area contributed by atoms with Crippen molar-refractivity contribution in [3.05, 3.63) is 59.7 Å². The molecule has 7 heteroatoms. The molecule has 2 aromatic carbocycles. The van der Waals surface area contributed by atoms with E-state index in [0.29, 0.717) is 37.2 Å². The Morgan fingerprint density at radius 3 is 2.52 bits per heavy atom. The summed E-state index contributed by atoms with van der Waals surface area (Å²) in [5, 5.41) is 0. The molecule has 0 heterocycles. The Kier molecular flexibility index (Phi) is 9.80. The summed E-state index contributed by atoms with van der Waals surface area (Å²) in [4.78, 5) is 1.98. The fraction of sp³-hybridized carbons (Fsp3) is 0.455. The van der Waals surface area contributed by atoms with Crippen molar-refractivity contribution >= 4 is 0 Å². The van der Waals surface area contributed by atoms with E-state index in [1.54, 1.807) is 30.3 Å². The van der Waals surface area contributed by atoms with Crippen molar-refractivity contribution in [2.75, 3.05) is 27.5 Å². The van der Waals surface area contributed by atoms with Crippen molar-refractivity contribution < 1.29 is 27.4 Å². The van der Waals surface area contributed by atoms with Gasteiger partial charge in [0, 0.05) is 6.42 Å². The minimum Gasteiger partial charge on any atom is -0.464 e. The second kappa shape index (κ2) is 12.3. The summed E-state index contributed by atoms with van der Waals surface area (Å²) in [6.07, 6.45) is 1.32. The lowest BCUT2D eigenvalue weighted by molar-refractivity contribution is -0.219. The van der Waals surface area contributed by atoms with Crippen LogP contribution in [0.3, 0.4) is 0 Å². The third-order valence-electron chi connectivity index (χ3n) is 4.33. The van der Waals surface area contributed by atoms with E-state index >= 15 is 0 Å². The van der Waals surface area contributed by atoms with Gasteiger partial charge in [0.05, 0.1) is 0 Å². The van der Waals surface area contributed by atoms with Crippen LogP contribution < -0.4 is 9.47 Å². The topological polar surface area (TPSA) is 30.9 Å². The minimum atomic E-state index is -2.90. The number of nitrogens with zero attached hydrogens (tertiary/aromatic N) is 1. The Bertz CT molecular complexity index is 728. The number of rotatable bonds is 13. The number of halogens is 3. The van der Waals surface area contributed by atoms with Crippen LogP contribution in [0.4, 0.5) is 13.2 Å². The van der Waals surface area contributed by atoms with Gasteiger partial charge in [0.25, 0.3) is 0 Å². The van der Waals surface area contributed by atoms with E-state index in [2.05, 4.69) is 4.74 Å². The summed E-state index contributed by atoms with van der Waals surface area (Å²) in [6, 6.07) is 14.5. The van der Waals surface area contributed by atoms with Gasteiger partial charge in [0.1, 0.15) is 11.5 Å². The Morgan fingerprint density at radius 2 is 1.79 bits per heavy atom. The van der Waals surface area contributed by atoms with Gasteiger partial charge in [-0.1, -0.05) is 30.3 Å². The lowest BCUT2D eigenvalue weighted by atomic mass is 10.0. The molecule has 1 atom stereocenters. The predicted octanol–water partition coefficient (Wildman–Crippen LogP) is 5.06. The monoisotopic (exact) mass is 411 g/mol. The molecule has 0 aliphatic carbocycles. The maximum atomic E-state index is 12.8. The minimum absolute atomic E-state index is 0.361. The Morgan fingerprint density at radius 1 is 1.00 bits per heavy atom. The van der Waals surface area contributed by atoms with Gasteiger partial charge in [0.2, 0.25) is 13.2 Å². The molecular weight excluding hydrogens is 383 g/mol. The van der Waals surface area contributed by atoms with Crippen molar-refractivity contribution in [3.63, 3.8) is 0 Å². The Balaban J connectivity index is 2.02. The first-order chi connectivity index (χ1) is 14.0. The first-order valence-electron chi connectivity index (χ1n) is 9.58. The van der Waals surface area contributed by atoms with Crippen molar-refractivity contribution in [2.45, 2.75) is 38.6 Å². The van der Waals surface area contributed by atoms with Gasteiger partial charge >= 0.3 is 6.61 Å². The molecule has 2 rings (SSSR count). The van der Waals surface area contributed by atoms with Crippen LogP contribution in [-0.4, -0.2) is 45.3 Å². The van der Waals surface area contributed by atoms with E-state index in [0.717, 1.165) is 17.7 Å². The molecule has 0 aromatic heterocycles.